The van der Waals surface area contributed by atoms with Gasteiger partial charge in [-0.15, -0.1) is 0 Å². The lowest BCUT2D eigenvalue weighted by Gasteiger charge is -2.46. The maximum Gasteiger partial charge on any atom is 0.191 e. The third-order valence-corrected chi connectivity index (χ3v) is 15.6. The molecule has 0 amide bonds. The first-order valence-corrected chi connectivity index (χ1v) is 14.9. The number of rotatable bonds is 6. The summed E-state index contributed by atoms with van der Waals surface area (Å²) in [6.07, 6.45) is 0.646. The summed E-state index contributed by atoms with van der Waals surface area (Å²) in [7, 11) is -3.45. The summed E-state index contributed by atoms with van der Waals surface area (Å²) in [5.74, 6) is 0.692. The number of hydrogen-bond acceptors (Lipinski definition) is 3. The summed E-state index contributed by atoms with van der Waals surface area (Å²) >= 11 is 0. The van der Waals surface area contributed by atoms with Gasteiger partial charge < -0.3 is 14.0 Å². The smallest absolute Gasteiger partial charge is 0.191 e. The third kappa shape index (κ3) is 5.14. The molecule has 3 nitrogen and oxygen atoms in total. The molecule has 0 aliphatic heterocycles. The van der Waals surface area contributed by atoms with E-state index in [0.717, 1.165) is 13.0 Å². The molecule has 1 saturated carbocycles. The fourth-order valence-corrected chi connectivity index (χ4v) is 4.38. The Labute approximate surface area is 146 Å². The lowest BCUT2D eigenvalue weighted by molar-refractivity contribution is -0.0732. The molecule has 0 aromatic carbocycles. The van der Waals surface area contributed by atoms with E-state index in [1.54, 1.807) is 0 Å². The molecule has 138 valence electrons. The third-order valence-electron chi connectivity index (χ3n) is 6.55. The van der Waals surface area contributed by atoms with Crippen LogP contribution in [0.5, 0.6) is 0 Å². The van der Waals surface area contributed by atoms with Crippen LogP contribution in [0.3, 0.4) is 0 Å². The number of hydrogen-bond donors (Lipinski definition) is 1. The second kappa shape index (κ2) is 6.91. The Hall–Kier alpha value is 0.314. The first-order chi connectivity index (χ1) is 10.1. The topological polar surface area (TPSA) is 38.7 Å². The first-order valence-electron chi connectivity index (χ1n) is 9.04. The molecule has 1 rings (SSSR count). The highest BCUT2D eigenvalue weighted by Crippen LogP contribution is 2.42. The first kappa shape index (κ1) is 21.4. The molecule has 1 aliphatic rings. The molecule has 0 heterocycles. The van der Waals surface area contributed by atoms with Crippen molar-refractivity contribution in [2.45, 2.75) is 90.3 Å². The van der Waals surface area contributed by atoms with E-state index < -0.39 is 16.6 Å². The minimum atomic E-state index is -1.74. The summed E-state index contributed by atoms with van der Waals surface area (Å²) in [6, 6.07) is 0. The van der Waals surface area contributed by atoms with Crippen LogP contribution in [0.2, 0.25) is 36.3 Å². The van der Waals surface area contributed by atoms with E-state index in [9.17, 15) is 5.11 Å². The van der Waals surface area contributed by atoms with Crippen LogP contribution >= 0.6 is 0 Å². The highest BCUT2D eigenvalue weighted by molar-refractivity contribution is 6.74. The molecule has 0 aromatic rings. The zero-order valence-electron chi connectivity index (χ0n) is 17.1. The van der Waals surface area contributed by atoms with Crippen molar-refractivity contribution in [2.24, 2.45) is 11.8 Å². The monoisotopic (exact) mass is 360 g/mol. The highest BCUT2D eigenvalue weighted by Gasteiger charge is 2.45. The quantitative estimate of drug-likeness (QED) is 0.675. The maximum absolute atomic E-state index is 10.2. The average Bonchev–Trinajstić information content (AvgIpc) is 2.31. The molecule has 1 N–H and O–H groups in total. The minimum Gasteiger partial charge on any atom is -0.417 e. The molecule has 3 atom stereocenters. The van der Waals surface area contributed by atoms with Crippen molar-refractivity contribution in [1.82, 2.24) is 0 Å². The van der Waals surface area contributed by atoms with Crippen LogP contribution in [0, 0.1) is 11.8 Å². The molecule has 0 unspecified atom stereocenters. The lowest BCUT2D eigenvalue weighted by Crippen LogP contribution is -2.51. The van der Waals surface area contributed by atoms with Gasteiger partial charge in [0.25, 0.3) is 0 Å². The van der Waals surface area contributed by atoms with E-state index in [0.29, 0.717) is 12.5 Å². The summed E-state index contributed by atoms with van der Waals surface area (Å²) in [6.45, 7) is 24.2. The van der Waals surface area contributed by atoms with Crippen LogP contribution in [0.4, 0.5) is 0 Å². The van der Waals surface area contributed by atoms with Gasteiger partial charge in [-0.05, 0) is 48.6 Å². The van der Waals surface area contributed by atoms with Crippen LogP contribution in [-0.4, -0.2) is 41.1 Å². The molecular formula is C18H40O3Si2. The van der Waals surface area contributed by atoms with Gasteiger partial charge in [0, 0.05) is 19.1 Å². The predicted octanol–water partition coefficient (Wildman–Crippen LogP) is 5.03. The SMILES string of the molecule is CC(C)(C)[Si](C)(C)OC[C@H]1C[C@H](O)[C@@H]1CO[Si](C)(C)C(C)(C)C. The average molecular weight is 361 g/mol. The summed E-state index contributed by atoms with van der Waals surface area (Å²) in [5, 5.41) is 10.6. The maximum atomic E-state index is 10.2. The van der Waals surface area contributed by atoms with Gasteiger partial charge in [-0.3, -0.25) is 0 Å². The van der Waals surface area contributed by atoms with Gasteiger partial charge >= 0.3 is 0 Å². The molecule has 0 spiro atoms. The molecule has 0 radical (unpaired) electrons. The molecule has 0 saturated heterocycles. The van der Waals surface area contributed by atoms with Crippen LogP contribution in [-0.2, 0) is 8.85 Å². The van der Waals surface area contributed by atoms with E-state index in [1.165, 1.54) is 0 Å². The second-order valence-electron chi connectivity index (χ2n) is 10.4. The van der Waals surface area contributed by atoms with Crippen LogP contribution < -0.4 is 0 Å². The van der Waals surface area contributed by atoms with E-state index in [-0.39, 0.29) is 22.1 Å². The minimum absolute atomic E-state index is 0.215. The normalized spacial score (nSPS) is 27.0. The Morgan fingerprint density at radius 3 is 1.57 bits per heavy atom. The molecule has 0 aromatic heterocycles. The molecule has 23 heavy (non-hydrogen) atoms. The van der Waals surface area contributed by atoms with Crippen molar-refractivity contribution in [3.05, 3.63) is 0 Å². The Kier molecular flexibility index (Phi) is 6.41. The Morgan fingerprint density at radius 2 is 1.22 bits per heavy atom. The zero-order chi connectivity index (χ0) is 18.3. The summed E-state index contributed by atoms with van der Waals surface area (Å²) < 4.78 is 12.7. The van der Waals surface area contributed by atoms with E-state index >= 15 is 0 Å². The Balaban J connectivity index is 2.55. The predicted molar refractivity (Wildman–Crippen MR) is 104 cm³/mol. The van der Waals surface area contributed by atoms with Crippen LogP contribution in [0.25, 0.3) is 0 Å². The van der Waals surface area contributed by atoms with Gasteiger partial charge in [0.1, 0.15) is 0 Å². The Bertz CT molecular complexity index is 394. The van der Waals surface area contributed by atoms with Gasteiger partial charge in [0.15, 0.2) is 16.6 Å². The Morgan fingerprint density at radius 1 is 0.826 bits per heavy atom. The fourth-order valence-electron chi connectivity index (χ4n) is 2.27. The number of aliphatic hydroxyl groups excluding tert-OH is 1. The summed E-state index contributed by atoms with van der Waals surface area (Å²) in [4.78, 5) is 0. The lowest BCUT2D eigenvalue weighted by atomic mass is 9.72. The summed E-state index contributed by atoms with van der Waals surface area (Å²) in [5.41, 5.74) is 0. The van der Waals surface area contributed by atoms with E-state index in [1.807, 2.05) is 0 Å². The van der Waals surface area contributed by atoms with Crippen molar-refractivity contribution < 1.29 is 14.0 Å². The molecular weight excluding hydrogens is 320 g/mol. The van der Waals surface area contributed by atoms with Crippen molar-refractivity contribution in [3.63, 3.8) is 0 Å². The van der Waals surface area contributed by atoms with Gasteiger partial charge in [-0.1, -0.05) is 41.5 Å². The molecule has 1 aliphatic carbocycles. The van der Waals surface area contributed by atoms with E-state index in [2.05, 4.69) is 67.7 Å². The molecule has 1 fully saturated rings. The second-order valence-corrected chi connectivity index (χ2v) is 20.0. The van der Waals surface area contributed by atoms with Crippen LogP contribution in [0.15, 0.2) is 0 Å². The largest absolute Gasteiger partial charge is 0.417 e. The number of aliphatic hydroxyl groups is 1. The van der Waals surface area contributed by atoms with Gasteiger partial charge in [-0.25, -0.2) is 0 Å². The molecule has 5 heteroatoms. The van der Waals surface area contributed by atoms with Crippen molar-refractivity contribution in [3.8, 4) is 0 Å². The van der Waals surface area contributed by atoms with Gasteiger partial charge in [0.05, 0.1) is 6.10 Å². The standard InChI is InChI=1S/C18H40O3Si2/c1-17(2,3)22(7,8)20-12-14-11-16(19)15(14)13-21-23(9,10)18(4,5)6/h14-16,19H,11-13H2,1-10H3/t14-,15-,16+/m1/s1. The zero-order valence-corrected chi connectivity index (χ0v) is 19.1. The van der Waals surface area contributed by atoms with Gasteiger partial charge in [-0.2, -0.15) is 0 Å². The van der Waals surface area contributed by atoms with Crippen LogP contribution in [0.1, 0.15) is 48.0 Å². The van der Waals surface area contributed by atoms with Crippen molar-refractivity contribution >= 4 is 16.6 Å². The van der Waals surface area contributed by atoms with Gasteiger partial charge in [0.2, 0.25) is 0 Å². The van der Waals surface area contributed by atoms with E-state index in [4.69, 9.17) is 8.85 Å². The fraction of sp³-hybridized carbons (Fsp3) is 1.00. The van der Waals surface area contributed by atoms with Crippen molar-refractivity contribution in [2.75, 3.05) is 13.2 Å². The van der Waals surface area contributed by atoms with Crippen molar-refractivity contribution in [1.29, 1.82) is 0 Å². The molecule has 0 bridgehead atoms. The highest BCUT2D eigenvalue weighted by atomic mass is 28.4.